The second kappa shape index (κ2) is 7.39. The minimum absolute atomic E-state index is 0.0223. The molecule has 23 heavy (non-hydrogen) atoms. The van der Waals surface area contributed by atoms with E-state index in [1.807, 2.05) is 0 Å². The largest absolute Gasteiger partial charge is 0.366 e. The number of primary amides is 1. The minimum Gasteiger partial charge on any atom is -0.366 e. The van der Waals surface area contributed by atoms with Gasteiger partial charge in [0.05, 0.1) is 6.54 Å². The monoisotopic (exact) mass is 318 g/mol. The molecule has 1 aliphatic heterocycles. The van der Waals surface area contributed by atoms with Crippen LogP contribution in [0.2, 0.25) is 0 Å². The molecule has 8 nitrogen and oxygen atoms in total. The maximum absolute atomic E-state index is 11.9. The molecule has 0 aliphatic carbocycles. The van der Waals surface area contributed by atoms with Gasteiger partial charge in [-0.05, 0) is 24.3 Å². The zero-order valence-corrected chi connectivity index (χ0v) is 12.5. The number of nitrogens with zero attached hydrogens (tertiary/aromatic N) is 1. The number of carbonyl (C=O) groups is 4. The Bertz CT molecular complexity index is 627. The molecule has 1 aromatic carbocycles. The highest BCUT2D eigenvalue weighted by atomic mass is 16.2. The standard InChI is InChI=1S/C15H18N4O4/c16-15(23)10-1-3-11(4-2-10)18-12(20)5-6-14(22)19-8-7-17-13(21)9-19/h1-4H,5-9H2,(H2,16,23)(H,17,21)(H,18,20). The van der Waals surface area contributed by atoms with Crippen LogP contribution in [0.25, 0.3) is 0 Å². The Balaban J connectivity index is 1.79. The summed E-state index contributed by atoms with van der Waals surface area (Å²) in [6.07, 6.45) is 0.0625. The molecule has 0 saturated carbocycles. The number of hydrogen-bond acceptors (Lipinski definition) is 4. The number of benzene rings is 1. The van der Waals surface area contributed by atoms with E-state index >= 15 is 0 Å². The summed E-state index contributed by atoms with van der Waals surface area (Å²) in [5.74, 6) is -1.27. The zero-order valence-electron chi connectivity index (χ0n) is 12.5. The molecular weight excluding hydrogens is 300 g/mol. The summed E-state index contributed by atoms with van der Waals surface area (Å²) < 4.78 is 0. The molecule has 1 heterocycles. The number of anilines is 1. The first kappa shape index (κ1) is 16.5. The van der Waals surface area contributed by atoms with Crippen molar-refractivity contribution in [3.8, 4) is 0 Å². The lowest BCUT2D eigenvalue weighted by atomic mass is 10.2. The van der Waals surface area contributed by atoms with Crippen molar-refractivity contribution in [3.05, 3.63) is 29.8 Å². The average Bonchev–Trinajstić information content (AvgIpc) is 2.53. The van der Waals surface area contributed by atoms with Crippen molar-refractivity contribution in [1.29, 1.82) is 0 Å². The number of hydrogen-bond donors (Lipinski definition) is 3. The fraction of sp³-hybridized carbons (Fsp3) is 0.333. The van der Waals surface area contributed by atoms with Gasteiger partial charge in [0, 0.05) is 37.2 Å². The van der Waals surface area contributed by atoms with Crippen LogP contribution < -0.4 is 16.4 Å². The molecule has 8 heteroatoms. The van der Waals surface area contributed by atoms with E-state index < -0.39 is 5.91 Å². The van der Waals surface area contributed by atoms with Crippen molar-refractivity contribution >= 4 is 29.3 Å². The van der Waals surface area contributed by atoms with E-state index in [2.05, 4.69) is 10.6 Å². The molecule has 4 amide bonds. The Labute approximate surface area is 133 Å². The van der Waals surface area contributed by atoms with E-state index in [0.717, 1.165) is 0 Å². The molecule has 0 radical (unpaired) electrons. The average molecular weight is 318 g/mol. The number of amides is 4. The molecule has 0 spiro atoms. The summed E-state index contributed by atoms with van der Waals surface area (Å²) in [6.45, 7) is 0.929. The zero-order chi connectivity index (χ0) is 16.8. The SMILES string of the molecule is NC(=O)c1ccc(NC(=O)CCC(=O)N2CCNC(=O)C2)cc1. The van der Waals surface area contributed by atoms with Gasteiger partial charge in [0.25, 0.3) is 0 Å². The topological polar surface area (TPSA) is 122 Å². The predicted octanol–water partition coefficient (Wildman–Crippen LogP) is -0.537. The lowest BCUT2D eigenvalue weighted by Gasteiger charge is -2.26. The Hall–Kier alpha value is -2.90. The lowest BCUT2D eigenvalue weighted by molar-refractivity contribution is -0.138. The minimum atomic E-state index is -0.543. The van der Waals surface area contributed by atoms with Crippen molar-refractivity contribution in [2.75, 3.05) is 25.0 Å². The number of carbonyl (C=O) groups excluding carboxylic acids is 4. The highest BCUT2D eigenvalue weighted by molar-refractivity contribution is 5.96. The highest BCUT2D eigenvalue weighted by Crippen LogP contribution is 2.10. The fourth-order valence-corrected chi connectivity index (χ4v) is 2.17. The summed E-state index contributed by atoms with van der Waals surface area (Å²) >= 11 is 0. The van der Waals surface area contributed by atoms with Crippen LogP contribution in [0.15, 0.2) is 24.3 Å². The molecule has 0 atom stereocenters. The van der Waals surface area contributed by atoms with Crippen molar-refractivity contribution in [3.63, 3.8) is 0 Å². The van der Waals surface area contributed by atoms with Crippen LogP contribution in [0, 0.1) is 0 Å². The van der Waals surface area contributed by atoms with Crippen molar-refractivity contribution in [2.45, 2.75) is 12.8 Å². The van der Waals surface area contributed by atoms with Crippen LogP contribution >= 0.6 is 0 Å². The molecule has 0 unspecified atom stereocenters. The quantitative estimate of drug-likeness (QED) is 0.675. The maximum atomic E-state index is 11.9. The van der Waals surface area contributed by atoms with E-state index in [1.165, 1.54) is 17.0 Å². The van der Waals surface area contributed by atoms with Gasteiger partial charge < -0.3 is 21.3 Å². The summed E-state index contributed by atoms with van der Waals surface area (Å²) in [5, 5.41) is 5.27. The number of piperazine rings is 1. The van der Waals surface area contributed by atoms with Crippen LogP contribution in [0.5, 0.6) is 0 Å². The van der Waals surface area contributed by atoms with Gasteiger partial charge in [-0.1, -0.05) is 0 Å². The molecule has 1 saturated heterocycles. The smallest absolute Gasteiger partial charge is 0.248 e. The maximum Gasteiger partial charge on any atom is 0.248 e. The Kier molecular flexibility index (Phi) is 5.29. The van der Waals surface area contributed by atoms with Crippen LogP contribution in [0.3, 0.4) is 0 Å². The van der Waals surface area contributed by atoms with E-state index in [-0.39, 0.29) is 37.1 Å². The highest BCUT2D eigenvalue weighted by Gasteiger charge is 2.21. The third-order valence-corrected chi connectivity index (χ3v) is 3.41. The third kappa shape index (κ3) is 4.80. The Morgan fingerprint density at radius 2 is 1.87 bits per heavy atom. The first-order valence-electron chi connectivity index (χ1n) is 7.20. The molecular formula is C15H18N4O4. The van der Waals surface area contributed by atoms with Crippen molar-refractivity contribution in [2.24, 2.45) is 5.73 Å². The van der Waals surface area contributed by atoms with Gasteiger partial charge in [-0.3, -0.25) is 19.2 Å². The van der Waals surface area contributed by atoms with Crippen LogP contribution in [-0.4, -0.2) is 48.2 Å². The summed E-state index contributed by atoms with van der Waals surface area (Å²) in [4.78, 5) is 47.4. The summed E-state index contributed by atoms with van der Waals surface area (Å²) in [6, 6.07) is 6.15. The summed E-state index contributed by atoms with van der Waals surface area (Å²) in [5.41, 5.74) is 6.00. The number of nitrogens with two attached hydrogens (primary N) is 1. The third-order valence-electron chi connectivity index (χ3n) is 3.41. The van der Waals surface area contributed by atoms with Gasteiger partial charge in [0.15, 0.2) is 0 Å². The molecule has 4 N–H and O–H groups in total. The van der Waals surface area contributed by atoms with E-state index in [1.54, 1.807) is 12.1 Å². The number of rotatable bonds is 5. The van der Waals surface area contributed by atoms with Crippen molar-refractivity contribution in [1.82, 2.24) is 10.2 Å². The normalized spacial score (nSPS) is 14.1. The van der Waals surface area contributed by atoms with Crippen LogP contribution in [-0.2, 0) is 14.4 Å². The molecule has 122 valence electrons. The van der Waals surface area contributed by atoms with E-state index in [0.29, 0.717) is 24.3 Å². The Morgan fingerprint density at radius 3 is 2.48 bits per heavy atom. The molecule has 2 rings (SSSR count). The Morgan fingerprint density at radius 1 is 1.17 bits per heavy atom. The van der Waals surface area contributed by atoms with Crippen LogP contribution in [0.4, 0.5) is 5.69 Å². The van der Waals surface area contributed by atoms with Gasteiger partial charge in [-0.2, -0.15) is 0 Å². The van der Waals surface area contributed by atoms with E-state index in [4.69, 9.17) is 5.73 Å². The molecule has 0 aromatic heterocycles. The van der Waals surface area contributed by atoms with Gasteiger partial charge in [0.1, 0.15) is 0 Å². The fourth-order valence-electron chi connectivity index (χ4n) is 2.17. The first-order chi connectivity index (χ1) is 11.0. The van der Waals surface area contributed by atoms with Gasteiger partial charge in [-0.15, -0.1) is 0 Å². The van der Waals surface area contributed by atoms with Gasteiger partial charge in [-0.25, -0.2) is 0 Å². The van der Waals surface area contributed by atoms with Crippen molar-refractivity contribution < 1.29 is 19.2 Å². The summed E-state index contributed by atoms with van der Waals surface area (Å²) in [7, 11) is 0. The predicted molar refractivity (Wildman–Crippen MR) is 82.4 cm³/mol. The second-order valence-electron chi connectivity index (χ2n) is 5.16. The van der Waals surface area contributed by atoms with Crippen LogP contribution in [0.1, 0.15) is 23.2 Å². The van der Waals surface area contributed by atoms with E-state index in [9.17, 15) is 19.2 Å². The number of nitrogens with one attached hydrogen (secondary N) is 2. The molecule has 1 fully saturated rings. The lowest BCUT2D eigenvalue weighted by Crippen LogP contribution is -2.50. The van der Waals surface area contributed by atoms with Gasteiger partial charge in [0.2, 0.25) is 23.6 Å². The molecule has 0 bridgehead atoms. The molecule has 1 aromatic rings. The first-order valence-corrected chi connectivity index (χ1v) is 7.20. The van der Waals surface area contributed by atoms with Gasteiger partial charge >= 0.3 is 0 Å². The second-order valence-corrected chi connectivity index (χ2v) is 5.16. The molecule has 1 aliphatic rings.